The molecule has 0 radical (unpaired) electrons. The average Bonchev–Trinajstić information content (AvgIpc) is 2.64. The van der Waals surface area contributed by atoms with Crippen LogP contribution in [-0.4, -0.2) is 34.4 Å². The van der Waals surface area contributed by atoms with Crippen molar-refractivity contribution in [2.45, 2.75) is 57.4 Å². The number of unbranched alkanes of at least 4 members (excludes halogenated alkanes) is 4. The molecule has 0 amide bonds. The summed E-state index contributed by atoms with van der Waals surface area (Å²) in [5, 5.41) is 6.86. The van der Waals surface area contributed by atoms with Gasteiger partial charge in [0, 0.05) is 13.1 Å². The Hall–Kier alpha value is -0.250. The minimum Gasteiger partial charge on any atom is -0.331 e. The van der Waals surface area contributed by atoms with Crippen molar-refractivity contribution in [3.8, 4) is 0 Å². The quantitative estimate of drug-likeness (QED) is 0.386. The van der Waals surface area contributed by atoms with Crippen molar-refractivity contribution in [2.75, 3.05) is 13.1 Å². The van der Waals surface area contributed by atoms with Crippen molar-refractivity contribution in [3.63, 3.8) is 0 Å². The summed E-state index contributed by atoms with van der Waals surface area (Å²) < 4.78 is 0. The lowest BCUT2D eigenvalue weighted by atomic mass is 10.2. The predicted octanol–water partition coefficient (Wildman–Crippen LogP) is 3.61. The zero-order chi connectivity index (χ0) is 11.8. The van der Waals surface area contributed by atoms with Crippen LogP contribution in [0.5, 0.6) is 0 Å². The lowest BCUT2D eigenvalue weighted by Crippen LogP contribution is -2.35. The van der Waals surface area contributed by atoms with Crippen molar-refractivity contribution < 1.29 is 0 Å². The molecule has 0 spiro atoms. The molecule has 0 aromatic carbocycles. The molecule has 0 fully saturated rings. The van der Waals surface area contributed by atoms with Crippen molar-refractivity contribution in [1.82, 2.24) is 9.91 Å². The number of nitrogens with zero attached hydrogens (tertiary/aromatic N) is 3. The highest BCUT2D eigenvalue weighted by Gasteiger charge is 2.23. The van der Waals surface area contributed by atoms with E-state index in [1.807, 2.05) is 6.34 Å². The molecule has 1 rings (SSSR count). The fourth-order valence-electron chi connectivity index (χ4n) is 1.78. The SMILES string of the molecule is CCCCCCN1N=CN(CCCC)C1Br. The van der Waals surface area contributed by atoms with Crippen LogP contribution in [0, 0.1) is 0 Å². The molecule has 0 saturated carbocycles. The van der Waals surface area contributed by atoms with Crippen LogP contribution < -0.4 is 0 Å². The van der Waals surface area contributed by atoms with Gasteiger partial charge in [-0.2, -0.15) is 5.10 Å². The molecule has 4 heteroatoms. The minimum atomic E-state index is 0.278. The van der Waals surface area contributed by atoms with Crippen LogP contribution in [0.3, 0.4) is 0 Å². The molecule has 1 aliphatic rings. The van der Waals surface area contributed by atoms with E-state index in [2.05, 4.69) is 44.8 Å². The summed E-state index contributed by atoms with van der Waals surface area (Å²) in [6, 6.07) is 0. The van der Waals surface area contributed by atoms with Crippen LogP contribution in [0.1, 0.15) is 52.4 Å². The summed E-state index contributed by atoms with van der Waals surface area (Å²) in [6.45, 7) is 6.63. The summed E-state index contributed by atoms with van der Waals surface area (Å²) in [6.07, 6.45) is 9.63. The summed E-state index contributed by atoms with van der Waals surface area (Å²) in [5.74, 6) is 0. The van der Waals surface area contributed by atoms with Crippen molar-refractivity contribution in [1.29, 1.82) is 0 Å². The van der Waals surface area contributed by atoms with Gasteiger partial charge in [-0.25, -0.2) is 0 Å². The van der Waals surface area contributed by atoms with Crippen molar-refractivity contribution in [2.24, 2.45) is 5.10 Å². The van der Waals surface area contributed by atoms with Crippen LogP contribution in [0.25, 0.3) is 0 Å². The van der Waals surface area contributed by atoms with Gasteiger partial charge in [-0.1, -0.05) is 39.5 Å². The van der Waals surface area contributed by atoms with E-state index < -0.39 is 0 Å². The normalized spacial score (nSPS) is 19.8. The summed E-state index contributed by atoms with van der Waals surface area (Å²) >= 11 is 3.70. The van der Waals surface area contributed by atoms with Crippen LogP contribution in [0.4, 0.5) is 0 Å². The Morgan fingerprint density at radius 2 is 1.81 bits per heavy atom. The smallest absolute Gasteiger partial charge is 0.175 e. The number of halogens is 1. The van der Waals surface area contributed by atoms with Gasteiger partial charge in [-0.3, -0.25) is 5.01 Å². The van der Waals surface area contributed by atoms with Crippen LogP contribution in [-0.2, 0) is 0 Å². The Bertz CT molecular complexity index is 208. The fraction of sp³-hybridized carbons (Fsp3) is 0.917. The third-order valence-electron chi connectivity index (χ3n) is 2.88. The maximum absolute atomic E-state index is 4.44. The molecular formula is C12H24BrN3. The van der Waals surface area contributed by atoms with E-state index in [1.165, 1.54) is 38.5 Å². The Labute approximate surface area is 108 Å². The number of rotatable bonds is 8. The first-order valence-corrected chi connectivity index (χ1v) is 7.41. The molecule has 0 N–H and O–H groups in total. The van der Waals surface area contributed by atoms with Crippen LogP contribution >= 0.6 is 15.9 Å². The maximum atomic E-state index is 4.44. The van der Waals surface area contributed by atoms with Gasteiger partial charge in [0.2, 0.25) is 0 Å². The second-order valence-corrected chi connectivity index (χ2v) is 5.18. The molecule has 0 aromatic heterocycles. The summed E-state index contributed by atoms with van der Waals surface area (Å²) in [5.41, 5.74) is 0. The number of hydrazone groups is 1. The third kappa shape index (κ3) is 4.32. The van der Waals surface area contributed by atoms with Crippen LogP contribution in [0.2, 0.25) is 0 Å². The van der Waals surface area contributed by atoms with E-state index in [4.69, 9.17) is 0 Å². The van der Waals surface area contributed by atoms with E-state index in [1.54, 1.807) is 0 Å². The number of alkyl halides is 1. The Balaban J connectivity index is 2.18. The Morgan fingerprint density at radius 3 is 2.50 bits per heavy atom. The molecule has 3 nitrogen and oxygen atoms in total. The van der Waals surface area contributed by atoms with Gasteiger partial charge in [-0.15, -0.1) is 0 Å². The first-order valence-electron chi connectivity index (χ1n) is 6.50. The highest BCUT2D eigenvalue weighted by atomic mass is 79.9. The standard InChI is InChI=1S/C12H24BrN3/c1-3-5-7-8-10-16-12(13)15(11-14-16)9-6-4-2/h11-12H,3-10H2,1-2H3. The highest BCUT2D eigenvalue weighted by Crippen LogP contribution is 2.19. The van der Waals surface area contributed by atoms with Gasteiger partial charge >= 0.3 is 0 Å². The summed E-state index contributed by atoms with van der Waals surface area (Å²) in [7, 11) is 0. The molecule has 0 aromatic rings. The van der Waals surface area contributed by atoms with E-state index in [-0.39, 0.29) is 5.08 Å². The third-order valence-corrected chi connectivity index (χ3v) is 3.88. The van der Waals surface area contributed by atoms with Gasteiger partial charge in [0.1, 0.15) is 6.34 Å². The first kappa shape index (κ1) is 13.8. The number of hydrogen-bond donors (Lipinski definition) is 0. The molecule has 1 aliphatic heterocycles. The largest absolute Gasteiger partial charge is 0.331 e. The second kappa shape index (κ2) is 7.93. The zero-order valence-corrected chi connectivity index (χ0v) is 12.1. The van der Waals surface area contributed by atoms with Gasteiger partial charge in [0.05, 0.1) is 0 Å². The predicted molar refractivity (Wildman–Crippen MR) is 73.7 cm³/mol. The van der Waals surface area contributed by atoms with Crippen LogP contribution in [0.15, 0.2) is 5.10 Å². The highest BCUT2D eigenvalue weighted by molar-refractivity contribution is 9.09. The molecule has 1 unspecified atom stereocenters. The molecule has 0 aliphatic carbocycles. The fourth-order valence-corrected chi connectivity index (χ4v) is 2.40. The van der Waals surface area contributed by atoms with Gasteiger partial charge in [0.25, 0.3) is 0 Å². The summed E-state index contributed by atoms with van der Waals surface area (Å²) in [4.78, 5) is 2.27. The molecule has 94 valence electrons. The van der Waals surface area contributed by atoms with Gasteiger partial charge < -0.3 is 4.90 Å². The Morgan fingerprint density at radius 1 is 1.06 bits per heavy atom. The van der Waals surface area contributed by atoms with E-state index in [0.29, 0.717) is 0 Å². The van der Waals surface area contributed by atoms with Crippen molar-refractivity contribution in [3.05, 3.63) is 0 Å². The minimum absolute atomic E-state index is 0.278. The number of hydrogen-bond acceptors (Lipinski definition) is 3. The molecule has 1 heterocycles. The second-order valence-electron chi connectivity index (χ2n) is 4.36. The lowest BCUT2D eigenvalue weighted by Gasteiger charge is -2.25. The topological polar surface area (TPSA) is 18.8 Å². The molecule has 0 saturated heterocycles. The van der Waals surface area contributed by atoms with Gasteiger partial charge in [0.15, 0.2) is 5.08 Å². The van der Waals surface area contributed by atoms with E-state index >= 15 is 0 Å². The maximum Gasteiger partial charge on any atom is 0.175 e. The Kier molecular flexibility index (Phi) is 6.85. The lowest BCUT2D eigenvalue weighted by molar-refractivity contribution is 0.205. The average molecular weight is 290 g/mol. The molecule has 16 heavy (non-hydrogen) atoms. The molecule has 1 atom stereocenters. The molecular weight excluding hydrogens is 266 g/mol. The van der Waals surface area contributed by atoms with Crippen molar-refractivity contribution >= 4 is 22.3 Å². The first-order chi connectivity index (χ1) is 7.79. The van der Waals surface area contributed by atoms with E-state index in [0.717, 1.165) is 13.1 Å². The zero-order valence-electron chi connectivity index (χ0n) is 10.5. The van der Waals surface area contributed by atoms with Gasteiger partial charge in [-0.05, 0) is 28.8 Å². The monoisotopic (exact) mass is 289 g/mol. The van der Waals surface area contributed by atoms with E-state index in [9.17, 15) is 0 Å². The molecule has 0 bridgehead atoms.